The Kier molecular flexibility index (Phi) is 5.32. The molecule has 0 aromatic heterocycles. The molecule has 0 spiro atoms. The van der Waals surface area contributed by atoms with Gasteiger partial charge in [-0.25, -0.2) is 9.18 Å². The molecule has 3 rings (SSSR count). The van der Waals surface area contributed by atoms with Gasteiger partial charge in [0.25, 0.3) is 5.91 Å². The van der Waals surface area contributed by atoms with E-state index in [1.165, 1.54) is 25.3 Å². The summed E-state index contributed by atoms with van der Waals surface area (Å²) in [6.45, 7) is 1.58. The summed E-state index contributed by atoms with van der Waals surface area (Å²) in [5.74, 6) is -0.627. The summed E-state index contributed by atoms with van der Waals surface area (Å²) in [4.78, 5) is 24.9. The van der Waals surface area contributed by atoms with Gasteiger partial charge in [-0.15, -0.1) is 0 Å². The second kappa shape index (κ2) is 7.67. The van der Waals surface area contributed by atoms with Crippen LogP contribution < -0.4 is 20.7 Å². The van der Waals surface area contributed by atoms with Crippen LogP contribution in [0, 0.1) is 5.82 Å². The third-order valence-electron chi connectivity index (χ3n) is 4.14. The van der Waals surface area contributed by atoms with E-state index in [2.05, 4.69) is 16.0 Å². The summed E-state index contributed by atoms with van der Waals surface area (Å²) < 4.78 is 19.5. The number of allylic oxidation sites excluding steroid dienone is 1. The second-order valence-corrected chi connectivity index (χ2v) is 6.33. The third-order valence-corrected chi connectivity index (χ3v) is 4.37. The number of carbonyl (C=O) groups excluding carboxylic acids is 2. The third kappa shape index (κ3) is 3.88. The largest absolute Gasteiger partial charge is 0.495 e. The number of methoxy groups -OCH3 is 1. The molecule has 0 saturated heterocycles. The van der Waals surface area contributed by atoms with E-state index < -0.39 is 23.8 Å². The van der Waals surface area contributed by atoms with Crippen molar-refractivity contribution in [3.05, 3.63) is 70.1 Å². The Morgan fingerprint density at radius 1 is 1.26 bits per heavy atom. The predicted molar refractivity (Wildman–Crippen MR) is 100 cm³/mol. The molecule has 6 nitrogen and oxygen atoms in total. The van der Waals surface area contributed by atoms with Crippen LogP contribution in [0.1, 0.15) is 18.5 Å². The molecule has 0 fully saturated rings. The maximum atomic E-state index is 14.3. The number of ether oxygens (including phenoxy) is 1. The molecule has 0 saturated carbocycles. The van der Waals surface area contributed by atoms with Crippen molar-refractivity contribution >= 4 is 29.2 Å². The number of urea groups is 1. The molecule has 1 atom stereocenters. The Hall–Kier alpha value is -3.06. The summed E-state index contributed by atoms with van der Waals surface area (Å²) in [6.07, 6.45) is 0. The summed E-state index contributed by atoms with van der Waals surface area (Å²) in [6, 6.07) is 9.30. The number of carbonyl (C=O) groups is 2. The highest BCUT2D eigenvalue weighted by atomic mass is 35.5. The minimum Gasteiger partial charge on any atom is -0.495 e. The maximum absolute atomic E-state index is 14.3. The Bertz CT molecular complexity index is 946. The molecule has 1 aliphatic rings. The van der Waals surface area contributed by atoms with E-state index in [-0.39, 0.29) is 11.1 Å². The summed E-state index contributed by atoms with van der Waals surface area (Å²) in [5.41, 5.74) is 1.06. The van der Waals surface area contributed by atoms with E-state index in [0.29, 0.717) is 22.2 Å². The van der Waals surface area contributed by atoms with Crippen LogP contribution in [-0.4, -0.2) is 19.0 Å². The Balaban J connectivity index is 2.00. The minimum absolute atomic E-state index is 0.182. The molecule has 27 heavy (non-hydrogen) atoms. The van der Waals surface area contributed by atoms with Crippen molar-refractivity contribution in [1.82, 2.24) is 10.6 Å². The van der Waals surface area contributed by atoms with Crippen LogP contribution in [0.5, 0.6) is 5.75 Å². The van der Waals surface area contributed by atoms with E-state index in [0.717, 1.165) is 0 Å². The molecule has 1 aliphatic heterocycles. The zero-order valence-corrected chi connectivity index (χ0v) is 15.4. The molecule has 0 radical (unpaired) electrons. The van der Waals surface area contributed by atoms with Crippen molar-refractivity contribution < 1.29 is 18.7 Å². The molecule has 3 amide bonds. The van der Waals surface area contributed by atoms with Crippen molar-refractivity contribution in [2.45, 2.75) is 13.0 Å². The summed E-state index contributed by atoms with van der Waals surface area (Å²) in [5, 5.41) is 8.27. The van der Waals surface area contributed by atoms with Gasteiger partial charge in [0.15, 0.2) is 0 Å². The molecular weight excluding hydrogens is 373 g/mol. The molecule has 140 valence electrons. The standard InChI is InChI=1S/C19H17ClFN3O3/c1-10-16(18(25)23-14-9-11(20)7-8-15(14)27-2)17(24-19(26)22-10)12-5-3-4-6-13(12)21/h3-9,17H,1-2H3,(H,23,25)(H2,22,24,26)/t17-/m0/s1. The fourth-order valence-corrected chi connectivity index (χ4v) is 3.08. The fourth-order valence-electron chi connectivity index (χ4n) is 2.90. The first kappa shape index (κ1) is 18.7. The highest BCUT2D eigenvalue weighted by Gasteiger charge is 2.33. The minimum atomic E-state index is -0.940. The van der Waals surface area contributed by atoms with E-state index in [1.807, 2.05) is 0 Å². The number of benzene rings is 2. The number of hydrogen-bond acceptors (Lipinski definition) is 3. The molecule has 2 aromatic rings. The number of halogens is 2. The number of anilines is 1. The zero-order valence-electron chi connectivity index (χ0n) is 14.6. The van der Waals surface area contributed by atoms with Crippen LogP contribution in [0.15, 0.2) is 53.7 Å². The van der Waals surface area contributed by atoms with Crippen LogP contribution in [0.3, 0.4) is 0 Å². The molecule has 0 bridgehead atoms. The average molecular weight is 390 g/mol. The van der Waals surface area contributed by atoms with Crippen LogP contribution in [0.4, 0.5) is 14.9 Å². The smallest absolute Gasteiger partial charge is 0.319 e. The van der Waals surface area contributed by atoms with E-state index >= 15 is 0 Å². The second-order valence-electron chi connectivity index (χ2n) is 5.89. The topological polar surface area (TPSA) is 79.5 Å². The van der Waals surface area contributed by atoms with Gasteiger partial charge in [-0.3, -0.25) is 4.79 Å². The number of amides is 3. The lowest BCUT2D eigenvalue weighted by Gasteiger charge is -2.29. The Labute approximate surface area is 160 Å². The van der Waals surface area contributed by atoms with E-state index in [1.54, 1.807) is 31.2 Å². The number of hydrogen-bond donors (Lipinski definition) is 3. The van der Waals surface area contributed by atoms with Crippen LogP contribution in [0.2, 0.25) is 5.02 Å². The van der Waals surface area contributed by atoms with Gasteiger partial charge in [0, 0.05) is 16.3 Å². The van der Waals surface area contributed by atoms with Gasteiger partial charge in [-0.2, -0.15) is 0 Å². The van der Waals surface area contributed by atoms with Gasteiger partial charge in [0.2, 0.25) is 0 Å². The first-order chi connectivity index (χ1) is 12.9. The fraction of sp³-hybridized carbons (Fsp3) is 0.158. The summed E-state index contributed by atoms with van der Waals surface area (Å²) in [7, 11) is 1.47. The lowest BCUT2D eigenvalue weighted by Crippen LogP contribution is -2.46. The molecule has 8 heteroatoms. The highest BCUT2D eigenvalue weighted by Crippen LogP contribution is 2.32. The summed E-state index contributed by atoms with van der Waals surface area (Å²) >= 11 is 6.00. The molecule has 1 heterocycles. The van der Waals surface area contributed by atoms with Crippen molar-refractivity contribution in [3.8, 4) is 5.75 Å². The van der Waals surface area contributed by atoms with Crippen molar-refractivity contribution in [2.24, 2.45) is 0 Å². The quantitative estimate of drug-likeness (QED) is 0.745. The lowest BCUT2D eigenvalue weighted by molar-refractivity contribution is -0.113. The van der Waals surface area contributed by atoms with E-state index in [9.17, 15) is 14.0 Å². The first-order valence-electron chi connectivity index (χ1n) is 8.08. The van der Waals surface area contributed by atoms with Gasteiger partial charge in [-0.05, 0) is 31.2 Å². The zero-order chi connectivity index (χ0) is 19.6. The van der Waals surface area contributed by atoms with Crippen molar-refractivity contribution in [1.29, 1.82) is 0 Å². The molecule has 2 aromatic carbocycles. The van der Waals surface area contributed by atoms with Gasteiger partial charge in [-0.1, -0.05) is 29.8 Å². The molecular formula is C19H17ClFN3O3. The number of rotatable bonds is 4. The molecule has 0 aliphatic carbocycles. The highest BCUT2D eigenvalue weighted by molar-refractivity contribution is 6.31. The van der Waals surface area contributed by atoms with Gasteiger partial charge in [0.1, 0.15) is 11.6 Å². The van der Waals surface area contributed by atoms with Gasteiger partial charge in [0.05, 0.1) is 24.4 Å². The van der Waals surface area contributed by atoms with Crippen molar-refractivity contribution in [3.63, 3.8) is 0 Å². The average Bonchev–Trinajstić information content (AvgIpc) is 2.61. The normalized spacial score (nSPS) is 16.4. The maximum Gasteiger partial charge on any atom is 0.319 e. The molecule has 0 unspecified atom stereocenters. The van der Waals surface area contributed by atoms with Crippen LogP contribution >= 0.6 is 11.6 Å². The van der Waals surface area contributed by atoms with Gasteiger partial charge < -0.3 is 20.7 Å². The van der Waals surface area contributed by atoms with Crippen LogP contribution in [0.25, 0.3) is 0 Å². The Morgan fingerprint density at radius 3 is 2.70 bits per heavy atom. The number of nitrogens with one attached hydrogen (secondary N) is 3. The van der Waals surface area contributed by atoms with Gasteiger partial charge >= 0.3 is 6.03 Å². The molecule has 3 N–H and O–H groups in total. The van der Waals surface area contributed by atoms with Crippen molar-refractivity contribution in [2.75, 3.05) is 12.4 Å². The predicted octanol–water partition coefficient (Wildman–Crippen LogP) is 3.75. The van der Waals surface area contributed by atoms with E-state index in [4.69, 9.17) is 16.3 Å². The monoisotopic (exact) mass is 389 g/mol. The first-order valence-corrected chi connectivity index (χ1v) is 8.46. The lowest BCUT2D eigenvalue weighted by atomic mass is 9.94. The SMILES string of the molecule is COc1ccc(Cl)cc1NC(=O)C1=C(C)NC(=O)N[C@H]1c1ccccc1F. The Morgan fingerprint density at radius 2 is 2.00 bits per heavy atom. The van der Waals surface area contributed by atoms with Crippen LogP contribution in [-0.2, 0) is 4.79 Å².